The van der Waals surface area contributed by atoms with Crippen LogP contribution in [0.4, 0.5) is 13.2 Å². The number of aromatic nitrogens is 2. The van der Waals surface area contributed by atoms with E-state index >= 15 is 0 Å². The van der Waals surface area contributed by atoms with E-state index in [-0.39, 0.29) is 6.54 Å². The summed E-state index contributed by atoms with van der Waals surface area (Å²) >= 11 is 5.82. The Hall–Kier alpha value is -2.80. The highest BCUT2D eigenvalue weighted by atomic mass is 35.5. The molecule has 1 amide bonds. The molecule has 1 atom stereocenters. The van der Waals surface area contributed by atoms with Crippen LogP contribution in [0.2, 0.25) is 5.02 Å². The maximum atomic E-state index is 13.1. The van der Waals surface area contributed by atoms with Crippen molar-refractivity contribution < 1.29 is 18.0 Å². The van der Waals surface area contributed by atoms with Gasteiger partial charge in [0.15, 0.2) is 0 Å². The second kappa shape index (κ2) is 7.84. The molecule has 0 aliphatic rings. The minimum absolute atomic E-state index is 0.237. The Morgan fingerprint density at radius 3 is 2.56 bits per heavy atom. The second-order valence-corrected chi connectivity index (χ2v) is 6.35. The first-order valence-electron chi connectivity index (χ1n) is 8.02. The monoisotopic (exact) mass is 393 g/mol. The number of imidazole rings is 1. The van der Waals surface area contributed by atoms with E-state index < -0.39 is 23.7 Å². The number of nitrogens with zero attached hydrogens (tertiary/aromatic N) is 2. The van der Waals surface area contributed by atoms with Crippen LogP contribution in [-0.2, 0) is 12.7 Å². The molecule has 27 heavy (non-hydrogen) atoms. The summed E-state index contributed by atoms with van der Waals surface area (Å²) < 4.78 is 40.9. The smallest absolute Gasteiger partial charge is 0.343 e. The van der Waals surface area contributed by atoms with Gasteiger partial charge in [0.05, 0.1) is 17.9 Å². The first kappa shape index (κ1) is 19.0. The molecule has 0 spiro atoms. The summed E-state index contributed by atoms with van der Waals surface area (Å²) in [4.78, 5) is 16.5. The summed E-state index contributed by atoms with van der Waals surface area (Å²) in [6.45, 7) is 0.237. The molecule has 0 bridgehead atoms. The van der Waals surface area contributed by atoms with E-state index in [4.69, 9.17) is 11.6 Å². The molecule has 3 rings (SSSR count). The number of hydrogen-bond donors (Lipinski definition) is 1. The molecule has 3 aromatic rings. The van der Waals surface area contributed by atoms with E-state index in [2.05, 4.69) is 10.3 Å². The third-order valence-corrected chi connectivity index (χ3v) is 4.23. The van der Waals surface area contributed by atoms with Crippen LogP contribution in [0.15, 0.2) is 67.3 Å². The Bertz CT molecular complexity index is 909. The van der Waals surface area contributed by atoms with Gasteiger partial charge < -0.3 is 9.88 Å². The van der Waals surface area contributed by atoms with Gasteiger partial charge in [0, 0.05) is 29.5 Å². The van der Waals surface area contributed by atoms with Crippen molar-refractivity contribution in [2.75, 3.05) is 0 Å². The maximum Gasteiger partial charge on any atom is 0.416 e. The minimum Gasteiger partial charge on any atom is -0.343 e. The van der Waals surface area contributed by atoms with Crippen molar-refractivity contribution in [3.05, 3.63) is 89.0 Å². The Balaban J connectivity index is 1.89. The number of nitrogens with one attached hydrogen (secondary N) is 1. The zero-order valence-corrected chi connectivity index (χ0v) is 14.7. The minimum atomic E-state index is -4.46. The van der Waals surface area contributed by atoms with E-state index in [1.165, 1.54) is 12.4 Å². The highest BCUT2D eigenvalue weighted by molar-refractivity contribution is 6.30. The van der Waals surface area contributed by atoms with Gasteiger partial charge in [0.25, 0.3) is 5.91 Å². The van der Waals surface area contributed by atoms with Gasteiger partial charge in [0.2, 0.25) is 0 Å². The van der Waals surface area contributed by atoms with Crippen LogP contribution in [0, 0.1) is 0 Å². The summed E-state index contributed by atoms with van der Waals surface area (Å²) in [6.07, 6.45) is 0.310. The first-order chi connectivity index (χ1) is 12.8. The van der Waals surface area contributed by atoms with Crippen molar-refractivity contribution in [1.29, 1.82) is 0 Å². The van der Waals surface area contributed by atoms with Crippen molar-refractivity contribution in [3.63, 3.8) is 0 Å². The fourth-order valence-corrected chi connectivity index (χ4v) is 2.74. The third-order valence-electron chi connectivity index (χ3n) is 3.98. The van der Waals surface area contributed by atoms with E-state index in [9.17, 15) is 18.0 Å². The number of alkyl halides is 3. The molecule has 4 nitrogen and oxygen atoms in total. The van der Waals surface area contributed by atoms with Gasteiger partial charge in [-0.05, 0) is 42.0 Å². The molecule has 1 heterocycles. The van der Waals surface area contributed by atoms with Crippen LogP contribution >= 0.6 is 11.6 Å². The van der Waals surface area contributed by atoms with Crippen molar-refractivity contribution in [3.8, 4) is 0 Å². The van der Waals surface area contributed by atoms with Gasteiger partial charge in [-0.15, -0.1) is 0 Å². The van der Waals surface area contributed by atoms with E-state index in [1.54, 1.807) is 47.3 Å². The normalized spacial score (nSPS) is 12.6. The summed E-state index contributed by atoms with van der Waals surface area (Å²) in [5.74, 6) is -0.408. The van der Waals surface area contributed by atoms with Crippen LogP contribution in [0.1, 0.15) is 27.5 Å². The molecule has 0 aliphatic carbocycles. The van der Waals surface area contributed by atoms with Gasteiger partial charge >= 0.3 is 6.18 Å². The van der Waals surface area contributed by atoms with Crippen LogP contribution in [0.3, 0.4) is 0 Å². The lowest BCUT2D eigenvalue weighted by molar-refractivity contribution is -0.137. The molecule has 8 heteroatoms. The average molecular weight is 394 g/mol. The summed E-state index contributed by atoms with van der Waals surface area (Å²) in [5.41, 5.74) is -0.0563. The van der Waals surface area contributed by atoms with Crippen LogP contribution in [-0.4, -0.2) is 15.5 Å². The molecule has 0 radical (unpaired) electrons. The lowest BCUT2D eigenvalue weighted by Crippen LogP contribution is -2.31. The Morgan fingerprint density at radius 2 is 1.93 bits per heavy atom. The number of benzene rings is 2. The van der Waals surface area contributed by atoms with Crippen LogP contribution in [0.5, 0.6) is 0 Å². The number of amides is 1. The van der Waals surface area contributed by atoms with Gasteiger partial charge in [-0.1, -0.05) is 23.7 Å². The predicted octanol–water partition coefficient (Wildman–Crippen LogP) is 4.73. The SMILES string of the molecule is O=C(N[C@@H](Cn1ccnc1)c1cccc(C(F)(F)F)c1)c1ccc(Cl)cc1. The molecule has 1 N–H and O–H groups in total. The van der Waals surface area contributed by atoms with Gasteiger partial charge in [0.1, 0.15) is 0 Å². The largest absolute Gasteiger partial charge is 0.416 e. The second-order valence-electron chi connectivity index (χ2n) is 5.92. The van der Waals surface area contributed by atoms with E-state index in [0.29, 0.717) is 16.1 Å². The van der Waals surface area contributed by atoms with Crippen molar-refractivity contribution in [2.45, 2.75) is 18.8 Å². The number of hydrogen-bond acceptors (Lipinski definition) is 2. The zero-order chi connectivity index (χ0) is 19.4. The molecule has 0 saturated carbocycles. The number of carbonyl (C=O) groups is 1. The molecule has 140 valence electrons. The Kier molecular flexibility index (Phi) is 5.51. The molecule has 0 saturated heterocycles. The number of carbonyl (C=O) groups excluding carboxylic acids is 1. The lowest BCUT2D eigenvalue weighted by Gasteiger charge is -2.21. The highest BCUT2D eigenvalue weighted by Crippen LogP contribution is 2.31. The number of rotatable bonds is 5. The van der Waals surface area contributed by atoms with Crippen LogP contribution < -0.4 is 5.32 Å². The molecule has 0 aliphatic heterocycles. The fourth-order valence-electron chi connectivity index (χ4n) is 2.61. The molecule has 0 fully saturated rings. The fraction of sp³-hybridized carbons (Fsp3) is 0.158. The van der Waals surface area contributed by atoms with Gasteiger partial charge in [-0.2, -0.15) is 13.2 Å². The van der Waals surface area contributed by atoms with Crippen molar-refractivity contribution in [2.24, 2.45) is 0 Å². The molecular formula is C19H15ClF3N3O. The molecular weight excluding hydrogens is 379 g/mol. The van der Waals surface area contributed by atoms with Crippen molar-refractivity contribution in [1.82, 2.24) is 14.9 Å². The highest BCUT2D eigenvalue weighted by Gasteiger charge is 2.31. The van der Waals surface area contributed by atoms with E-state index in [1.807, 2.05) is 0 Å². The Morgan fingerprint density at radius 1 is 1.19 bits per heavy atom. The lowest BCUT2D eigenvalue weighted by atomic mass is 10.0. The quantitative estimate of drug-likeness (QED) is 0.681. The van der Waals surface area contributed by atoms with Gasteiger partial charge in [-0.3, -0.25) is 4.79 Å². The zero-order valence-electron chi connectivity index (χ0n) is 13.9. The first-order valence-corrected chi connectivity index (χ1v) is 8.40. The topological polar surface area (TPSA) is 46.9 Å². The Labute approximate surface area is 158 Å². The molecule has 2 aromatic carbocycles. The summed E-state index contributed by atoms with van der Waals surface area (Å²) in [5, 5.41) is 3.27. The standard InChI is InChI=1S/C19H15ClF3N3O/c20-16-6-4-13(5-7-16)18(27)25-17(11-26-9-8-24-12-26)14-2-1-3-15(10-14)19(21,22)23/h1-10,12,17H,11H2,(H,25,27)/t17-/m0/s1. The van der Waals surface area contributed by atoms with Crippen molar-refractivity contribution >= 4 is 17.5 Å². The maximum absolute atomic E-state index is 13.1. The van der Waals surface area contributed by atoms with Gasteiger partial charge in [-0.25, -0.2) is 4.98 Å². The molecule has 0 unspecified atom stereocenters. The van der Waals surface area contributed by atoms with E-state index in [0.717, 1.165) is 12.1 Å². The predicted molar refractivity (Wildman–Crippen MR) is 95.3 cm³/mol. The average Bonchev–Trinajstić information content (AvgIpc) is 3.14. The molecule has 1 aromatic heterocycles. The summed E-state index contributed by atoms with van der Waals surface area (Å²) in [6, 6.07) is 10.5. The number of halogens is 4. The third kappa shape index (κ3) is 4.89. The van der Waals surface area contributed by atoms with Crippen LogP contribution in [0.25, 0.3) is 0 Å². The summed E-state index contributed by atoms with van der Waals surface area (Å²) in [7, 11) is 0.